The zero-order valence-corrected chi connectivity index (χ0v) is 22.7. The first-order chi connectivity index (χ1) is 17.4. The van der Waals surface area contributed by atoms with Crippen LogP contribution in [0.5, 0.6) is 5.75 Å². The van der Waals surface area contributed by atoms with Gasteiger partial charge in [-0.25, -0.2) is 13.2 Å². The molecular formula is C29H43NO5S. The summed E-state index contributed by atoms with van der Waals surface area (Å²) in [5.41, 5.74) is 1.10. The van der Waals surface area contributed by atoms with Crippen LogP contribution < -0.4 is 9.46 Å². The SMILES string of the molecule is CCCCCCCCCCCCC(Oc1cccc(NS(=O)(=O)Cc2ccccc2)c1)C(=O)OCC. The molecule has 0 radical (unpaired) electrons. The number of hydrogen-bond acceptors (Lipinski definition) is 5. The van der Waals surface area contributed by atoms with Crippen molar-refractivity contribution in [1.29, 1.82) is 0 Å². The minimum Gasteiger partial charge on any atom is -0.479 e. The highest BCUT2D eigenvalue weighted by Crippen LogP contribution is 2.23. The Morgan fingerprint density at radius 1 is 0.833 bits per heavy atom. The van der Waals surface area contributed by atoms with Crippen molar-refractivity contribution in [3.05, 3.63) is 60.2 Å². The molecule has 0 aliphatic carbocycles. The van der Waals surface area contributed by atoms with Crippen LogP contribution in [0.4, 0.5) is 5.69 Å². The third kappa shape index (κ3) is 12.4. The van der Waals surface area contributed by atoms with Crippen LogP contribution in [0.3, 0.4) is 0 Å². The van der Waals surface area contributed by atoms with Crippen LogP contribution in [0.1, 0.15) is 90.0 Å². The van der Waals surface area contributed by atoms with E-state index in [9.17, 15) is 13.2 Å². The Bertz CT molecular complexity index is 978. The molecule has 36 heavy (non-hydrogen) atoms. The highest BCUT2D eigenvalue weighted by atomic mass is 32.2. The molecule has 0 fully saturated rings. The van der Waals surface area contributed by atoms with Gasteiger partial charge in [-0.2, -0.15) is 0 Å². The van der Waals surface area contributed by atoms with Crippen molar-refractivity contribution in [3.8, 4) is 5.75 Å². The fraction of sp³-hybridized carbons (Fsp3) is 0.552. The molecule has 0 heterocycles. The molecule has 0 amide bonds. The Hall–Kier alpha value is -2.54. The third-order valence-corrected chi connectivity index (χ3v) is 7.21. The van der Waals surface area contributed by atoms with Gasteiger partial charge in [0.15, 0.2) is 6.10 Å². The predicted octanol–water partition coefficient (Wildman–Crippen LogP) is 7.25. The molecule has 1 unspecified atom stereocenters. The number of esters is 1. The van der Waals surface area contributed by atoms with Crippen LogP contribution in [-0.4, -0.2) is 27.1 Å². The lowest BCUT2D eigenvalue weighted by Crippen LogP contribution is -2.29. The molecular weight excluding hydrogens is 474 g/mol. The highest BCUT2D eigenvalue weighted by molar-refractivity contribution is 7.91. The van der Waals surface area contributed by atoms with Crippen LogP contribution in [0.25, 0.3) is 0 Å². The summed E-state index contributed by atoms with van der Waals surface area (Å²) < 4.78 is 39.0. The second-order valence-corrected chi connectivity index (χ2v) is 10.9. The molecule has 0 aliphatic heterocycles. The van der Waals surface area contributed by atoms with Crippen LogP contribution >= 0.6 is 0 Å². The quantitative estimate of drug-likeness (QED) is 0.157. The summed E-state index contributed by atoms with van der Waals surface area (Å²) in [6, 6.07) is 15.7. The molecule has 0 bridgehead atoms. The molecule has 0 aromatic heterocycles. The minimum absolute atomic E-state index is 0.122. The third-order valence-electron chi connectivity index (χ3n) is 5.95. The molecule has 0 aliphatic rings. The lowest BCUT2D eigenvalue weighted by molar-refractivity contribution is -0.151. The van der Waals surface area contributed by atoms with E-state index in [2.05, 4.69) is 11.6 Å². The maximum absolute atomic E-state index is 12.6. The van der Waals surface area contributed by atoms with Crippen molar-refractivity contribution >= 4 is 21.7 Å². The Morgan fingerprint density at radius 2 is 1.47 bits per heavy atom. The Kier molecular flexibility index (Phi) is 14.0. The molecule has 2 aromatic rings. The summed E-state index contributed by atoms with van der Waals surface area (Å²) in [7, 11) is -3.59. The fourth-order valence-electron chi connectivity index (χ4n) is 4.08. The molecule has 0 spiro atoms. The largest absolute Gasteiger partial charge is 0.479 e. The predicted molar refractivity (Wildman–Crippen MR) is 147 cm³/mol. The van der Waals surface area contributed by atoms with E-state index in [1.165, 1.54) is 44.9 Å². The van der Waals surface area contributed by atoms with Crippen LogP contribution in [0, 0.1) is 0 Å². The molecule has 6 nitrogen and oxygen atoms in total. The van der Waals surface area contributed by atoms with E-state index < -0.39 is 16.1 Å². The normalized spacial score (nSPS) is 12.2. The van der Waals surface area contributed by atoms with Crippen molar-refractivity contribution in [2.75, 3.05) is 11.3 Å². The number of sulfonamides is 1. The van der Waals surface area contributed by atoms with Gasteiger partial charge in [-0.1, -0.05) is 101 Å². The van der Waals surface area contributed by atoms with Crippen LogP contribution in [-0.2, 0) is 25.3 Å². The van der Waals surface area contributed by atoms with Gasteiger partial charge in [-0.05, 0) is 37.5 Å². The van der Waals surface area contributed by atoms with E-state index in [-0.39, 0.29) is 18.3 Å². The van der Waals surface area contributed by atoms with Gasteiger partial charge >= 0.3 is 5.97 Å². The molecule has 2 rings (SSSR count). The molecule has 0 saturated carbocycles. The maximum atomic E-state index is 12.6. The van der Waals surface area contributed by atoms with Gasteiger partial charge in [0, 0.05) is 6.07 Å². The molecule has 1 N–H and O–H groups in total. The Morgan fingerprint density at radius 3 is 2.11 bits per heavy atom. The molecule has 200 valence electrons. The fourth-order valence-corrected chi connectivity index (χ4v) is 5.27. The average molecular weight is 518 g/mol. The monoisotopic (exact) mass is 517 g/mol. The van der Waals surface area contributed by atoms with Crippen molar-refractivity contribution < 1.29 is 22.7 Å². The molecule has 0 saturated heterocycles. The maximum Gasteiger partial charge on any atom is 0.347 e. The number of ether oxygens (including phenoxy) is 2. The Labute approximate surface area is 217 Å². The second-order valence-electron chi connectivity index (χ2n) is 9.20. The van der Waals surface area contributed by atoms with E-state index in [0.717, 1.165) is 19.3 Å². The smallest absolute Gasteiger partial charge is 0.347 e. The Balaban J connectivity index is 1.85. The summed E-state index contributed by atoms with van der Waals surface area (Å²) in [6.45, 7) is 4.30. The number of benzene rings is 2. The number of hydrogen-bond donors (Lipinski definition) is 1. The summed E-state index contributed by atoms with van der Waals surface area (Å²) in [6.07, 6.45) is 12.0. The second kappa shape index (κ2) is 17.0. The number of anilines is 1. The standard InChI is InChI=1S/C29H43NO5S/c1-3-5-6-7-8-9-10-11-12-16-22-28(29(31)34-4-2)35-27-21-17-20-26(23-27)30-36(32,33)24-25-18-14-13-15-19-25/h13-15,17-21,23,28,30H,3-12,16,22,24H2,1-2H3. The van der Waals surface area contributed by atoms with Crippen molar-refractivity contribution in [3.63, 3.8) is 0 Å². The van der Waals surface area contributed by atoms with Crippen molar-refractivity contribution in [2.24, 2.45) is 0 Å². The number of unbranched alkanes of at least 4 members (excludes halogenated alkanes) is 9. The first-order valence-electron chi connectivity index (χ1n) is 13.4. The first-order valence-corrected chi connectivity index (χ1v) is 15.1. The van der Waals surface area contributed by atoms with E-state index in [4.69, 9.17) is 9.47 Å². The van der Waals surface area contributed by atoms with Crippen molar-refractivity contribution in [2.45, 2.75) is 96.3 Å². The van der Waals surface area contributed by atoms with E-state index >= 15 is 0 Å². The number of rotatable bonds is 19. The zero-order chi connectivity index (χ0) is 26.1. The summed E-state index contributed by atoms with van der Waals surface area (Å²) in [5.74, 6) is -0.0770. The lowest BCUT2D eigenvalue weighted by Gasteiger charge is -2.18. The van der Waals surface area contributed by atoms with Gasteiger partial charge in [-0.15, -0.1) is 0 Å². The summed E-state index contributed by atoms with van der Waals surface area (Å²) >= 11 is 0. The average Bonchev–Trinajstić information content (AvgIpc) is 2.85. The molecule has 2 aromatic carbocycles. The number of carbonyl (C=O) groups is 1. The minimum atomic E-state index is -3.59. The van der Waals surface area contributed by atoms with E-state index in [0.29, 0.717) is 23.4 Å². The molecule has 7 heteroatoms. The van der Waals surface area contributed by atoms with E-state index in [1.807, 2.05) is 18.2 Å². The van der Waals surface area contributed by atoms with Gasteiger partial charge in [0.25, 0.3) is 0 Å². The van der Waals surface area contributed by atoms with Gasteiger partial charge in [-0.3, -0.25) is 4.72 Å². The zero-order valence-electron chi connectivity index (χ0n) is 21.9. The van der Waals surface area contributed by atoms with Crippen LogP contribution in [0.2, 0.25) is 0 Å². The van der Waals surface area contributed by atoms with Gasteiger partial charge in [0.1, 0.15) is 5.75 Å². The summed E-state index contributed by atoms with van der Waals surface area (Å²) in [5, 5.41) is 0. The topological polar surface area (TPSA) is 81.7 Å². The number of nitrogens with one attached hydrogen (secondary N) is 1. The highest BCUT2D eigenvalue weighted by Gasteiger charge is 2.22. The lowest BCUT2D eigenvalue weighted by atomic mass is 10.0. The summed E-state index contributed by atoms with van der Waals surface area (Å²) in [4.78, 5) is 12.5. The van der Waals surface area contributed by atoms with E-state index in [1.54, 1.807) is 43.3 Å². The number of carbonyl (C=O) groups excluding carboxylic acids is 1. The van der Waals surface area contributed by atoms with Gasteiger partial charge < -0.3 is 9.47 Å². The van der Waals surface area contributed by atoms with Crippen LogP contribution in [0.15, 0.2) is 54.6 Å². The first kappa shape index (κ1) is 29.7. The van der Waals surface area contributed by atoms with Crippen molar-refractivity contribution in [1.82, 2.24) is 0 Å². The molecule has 1 atom stereocenters. The van der Waals surface area contributed by atoms with Gasteiger partial charge in [0.05, 0.1) is 18.0 Å². The van der Waals surface area contributed by atoms with Gasteiger partial charge in [0.2, 0.25) is 10.0 Å².